The van der Waals surface area contributed by atoms with Crippen LogP contribution < -0.4 is 5.32 Å². The highest BCUT2D eigenvalue weighted by molar-refractivity contribution is 7.99. The molecular weight excluding hydrogens is 310 g/mol. The first kappa shape index (κ1) is 16.4. The third kappa shape index (κ3) is 3.83. The fourth-order valence-electron chi connectivity index (χ4n) is 2.15. The van der Waals surface area contributed by atoms with Crippen molar-refractivity contribution in [3.8, 4) is 6.07 Å². The van der Waals surface area contributed by atoms with Crippen molar-refractivity contribution in [2.75, 3.05) is 11.5 Å². The largest absolute Gasteiger partial charge is 0.337 e. The molecule has 7 heteroatoms. The molecule has 0 radical (unpaired) electrons. The second kappa shape index (κ2) is 6.88. The van der Waals surface area contributed by atoms with Crippen LogP contribution in [0.1, 0.15) is 29.6 Å². The van der Waals surface area contributed by atoms with Crippen molar-refractivity contribution < 1.29 is 18.4 Å². The Morgan fingerprint density at radius 3 is 2.68 bits per heavy atom. The van der Waals surface area contributed by atoms with Crippen molar-refractivity contribution in [1.82, 2.24) is 5.32 Å². The van der Waals surface area contributed by atoms with Crippen LogP contribution in [0.2, 0.25) is 0 Å². The van der Waals surface area contributed by atoms with E-state index in [2.05, 4.69) is 11.4 Å². The van der Waals surface area contributed by atoms with Gasteiger partial charge in [-0.05, 0) is 30.4 Å². The van der Waals surface area contributed by atoms with Gasteiger partial charge in [-0.1, -0.05) is 0 Å². The number of rotatable bonds is 5. The highest BCUT2D eigenvalue weighted by Gasteiger charge is 2.35. The van der Waals surface area contributed by atoms with Gasteiger partial charge in [-0.2, -0.15) is 17.0 Å². The van der Waals surface area contributed by atoms with E-state index in [0.29, 0.717) is 12.2 Å². The monoisotopic (exact) mass is 324 g/mol. The summed E-state index contributed by atoms with van der Waals surface area (Å²) in [4.78, 5) is 23.7. The van der Waals surface area contributed by atoms with E-state index >= 15 is 0 Å². The number of carbonyl (C=O) groups excluding carboxylic acids is 2. The van der Waals surface area contributed by atoms with Crippen molar-refractivity contribution in [2.45, 2.75) is 24.8 Å². The smallest absolute Gasteiger partial charge is 0.221 e. The Bertz CT molecular complexity index is 637. The number of nitriles is 1. The van der Waals surface area contributed by atoms with Gasteiger partial charge in [0.05, 0.1) is 6.07 Å². The van der Waals surface area contributed by atoms with Crippen LogP contribution >= 0.6 is 11.8 Å². The fraction of sp³-hybridized carbons (Fsp3) is 0.400. The lowest BCUT2D eigenvalue weighted by Gasteiger charge is -2.21. The maximum absolute atomic E-state index is 13.1. The van der Waals surface area contributed by atoms with Crippen LogP contribution in [0, 0.1) is 23.0 Å². The molecule has 0 spiro atoms. The number of benzene rings is 1. The first-order valence-electron chi connectivity index (χ1n) is 6.74. The minimum atomic E-state index is -1.10. The molecule has 4 nitrogen and oxygen atoms in total. The Morgan fingerprint density at radius 2 is 2.09 bits per heavy atom. The molecule has 1 atom stereocenters. The molecule has 0 aliphatic carbocycles. The highest BCUT2D eigenvalue weighted by Crippen LogP contribution is 2.27. The van der Waals surface area contributed by atoms with Gasteiger partial charge in [0.15, 0.2) is 17.4 Å². The maximum atomic E-state index is 13.1. The molecule has 0 saturated carbocycles. The molecule has 1 heterocycles. The summed E-state index contributed by atoms with van der Waals surface area (Å²) < 4.78 is 25.9. The summed E-state index contributed by atoms with van der Waals surface area (Å²) in [5.74, 6) is -1.61. The lowest BCUT2D eigenvalue weighted by Crippen LogP contribution is -2.47. The van der Waals surface area contributed by atoms with E-state index in [1.807, 2.05) is 0 Å². The fourth-order valence-corrected chi connectivity index (χ4v) is 3.42. The zero-order valence-electron chi connectivity index (χ0n) is 11.7. The second-order valence-corrected chi connectivity index (χ2v) is 6.20. The number of halogens is 2. The molecule has 1 saturated heterocycles. The van der Waals surface area contributed by atoms with E-state index in [1.54, 1.807) is 11.8 Å². The van der Waals surface area contributed by atoms with Gasteiger partial charge in [-0.3, -0.25) is 9.59 Å². The predicted molar refractivity (Wildman–Crippen MR) is 78.4 cm³/mol. The number of Topliss-reactive ketones (excluding diaryl/α,β-unsaturated/α-hetero) is 1. The van der Waals surface area contributed by atoms with Gasteiger partial charge in [0.25, 0.3) is 0 Å². The molecule has 1 N–H and O–H groups in total. The second-order valence-electron chi connectivity index (χ2n) is 5.10. The van der Waals surface area contributed by atoms with Crippen LogP contribution in [0.5, 0.6) is 0 Å². The van der Waals surface area contributed by atoms with E-state index < -0.39 is 23.0 Å². The lowest BCUT2D eigenvalue weighted by molar-refractivity contribution is -0.122. The molecule has 1 fully saturated rings. The first-order chi connectivity index (χ1) is 10.5. The van der Waals surface area contributed by atoms with Crippen LogP contribution in [0.4, 0.5) is 8.78 Å². The summed E-state index contributed by atoms with van der Waals surface area (Å²) >= 11 is 1.59. The third-order valence-corrected chi connectivity index (χ3v) is 4.62. The van der Waals surface area contributed by atoms with Crippen LogP contribution in [-0.2, 0) is 4.79 Å². The van der Waals surface area contributed by atoms with Crippen molar-refractivity contribution in [2.24, 2.45) is 0 Å². The van der Waals surface area contributed by atoms with Gasteiger partial charge in [0.1, 0.15) is 5.54 Å². The van der Waals surface area contributed by atoms with Crippen LogP contribution in [0.15, 0.2) is 18.2 Å². The number of nitrogens with one attached hydrogen (secondary N) is 1. The highest BCUT2D eigenvalue weighted by atomic mass is 32.2. The maximum Gasteiger partial charge on any atom is 0.221 e. The summed E-state index contributed by atoms with van der Waals surface area (Å²) in [6.45, 7) is 0. The van der Waals surface area contributed by atoms with Crippen molar-refractivity contribution in [3.05, 3.63) is 35.4 Å². The average molecular weight is 324 g/mol. The molecule has 1 aliphatic rings. The Hall–Kier alpha value is -1.94. The molecule has 22 heavy (non-hydrogen) atoms. The van der Waals surface area contributed by atoms with Crippen LogP contribution in [0.25, 0.3) is 0 Å². The topological polar surface area (TPSA) is 70.0 Å². The normalized spacial score (nSPS) is 20.4. The molecule has 0 unspecified atom stereocenters. The molecule has 1 aromatic rings. The zero-order valence-corrected chi connectivity index (χ0v) is 12.5. The van der Waals surface area contributed by atoms with Gasteiger partial charge in [-0.25, -0.2) is 8.78 Å². The van der Waals surface area contributed by atoms with Gasteiger partial charge in [-0.15, -0.1) is 0 Å². The van der Waals surface area contributed by atoms with Crippen LogP contribution in [0.3, 0.4) is 0 Å². The van der Waals surface area contributed by atoms with Crippen molar-refractivity contribution in [1.29, 1.82) is 5.26 Å². The number of ketones is 1. The van der Waals surface area contributed by atoms with E-state index in [1.165, 1.54) is 6.07 Å². The summed E-state index contributed by atoms with van der Waals surface area (Å²) in [7, 11) is 0. The number of hydrogen-bond acceptors (Lipinski definition) is 4. The SMILES string of the molecule is N#C[C@@]1(NC(=O)CCC(=O)c2ccc(F)c(F)c2)CCSC1. The number of nitrogens with zero attached hydrogens (tertiary/aromatic N) is 1. The summed E-state index contributed by atoms with van der Waals surface area (Å²) in [6, 6.07) is 4.99. The Morgan fingerprint density at radius 1 is 1.32 bits per heavy atom. The minimum absolute atomic E-state index is 0.0260. The van der Waals surface area contributed by atoms with Gasteiger partial charge in [0, 0.05) is 24.2 Å². The molecule has 1 aliphatic heterocycles. The standard InChI is InChI=1S/C15H14F2N2O2S/c16-11-2-1-10(7-12(11)17)13(20)3-4-14(21)19-15(8-18)5-6-22-9-15/h1-2,7H,3-6,9H2,(H,19,21)/t15-/m0/s1. The van der Waals surface area contributed by atoms with E-state index in [4.69, 9.17) is 5.26 Å². The summed E-state index contributed by atoms with van der Waals surface area (Å²) in [5, 5.41) is 11.8. The lowest BCUT2D eigenvalue weighted by atomic mass is 10.0. The molecule has 0 bridgehead atoms. The van der Waals surface area contributed by atoms with Gasteiger partial charge in [0.2, 0.25) is 5.91 Å². The molecule has 2 rings (SSSR count). The van der Waals surface area contributed by atoms with Gasteiger partial charge < -0.3 is 5.32 Å². The van der Waals surface area contributed by atoms with E-state index in [-0.39, 0.29) is 24.3 Å². The predicted octanol–water partition coefficient (Wildman–Crippen LogP) is 2.44. The van der Waals surface area contributed by atoms with Crippen molar-refractivity contribution >= 4 is 23.5 Å². The Balaban J connectivity index is 1.89. The first-order valence-corrected chi connectivity index (χ1v) is 7.89. The van der Waals surface area contributed by atoms with Crippen LogP contribution in [-0.4, -0.2) is 28.7 Å². The van der Waals surface area contributed by atoms with E-state index in [9.17, 15) is 18.4 Å². The van der Waals surface area contributed by atoms with E-state index in [0.717, 1.165) is 17.9 Å². The zero-order chi connectivity index (χ0) is 16.2. The van der Waals surface area contributed by atoms with Gasteiger partial charge >= 0.3 is 0 Å². The summed E-state index contributed by atoms with van der Waals surface area (Å²) in [6.07, 6.45) is 0.370. The Kier molecular flexibility index (Phi) is 5.14. The Labute approximate surface area is 130 Å². The summed E-state index contributed by atoms with van der Waals surface area (Å²) in [5.41, 5.74) is -0.828. The minimum Gasteiger partial charge on any atom is -0.337 e. The molecule has 0 aromatic heterocycles. The quantitative estimate of drug-likeness (QED) is 0.845. The molecule has 116 valence electrons. The number of amides is 1. The molecule has 1 aromatic carbocycles. The number of thioether (sulfide) groups is 1. The number of carbonyl (C=O) groups is 2. The third-order valence-electron chi connectivity index (χ3n) is 3.44. The van der Waals surface area contributed by atoms with Crippen molar-refractivity contribution in [3.63, 3.8) is 0 Å². The number of hydrogen-bond donors (Lipinski definition) is 1. The molecule has 1 amide bonds. The average Bonchev–Trinajstić information content (AvgIpc) is 2.96. The molecular formula is C15H14F2N2O2S.